The Morgan fingerprint density at radius 3 is 3.10 bits per heavy atom. The van der Waals surface area contributed by atoms with Crippen molar-refractivity contribution in [2.75, 3.05) is 0 Å². The molecule has 0 fully saturated rings. The third-order valence-corrected chi connectivity index (χ3v) is 1.13. The minimum absolute atomic E-state index is 0.669. The van der Waals surface area contributed by atoms with Crippen molar-refractivity contribution in [3.63, 3.8) is 0 Å². The van der Waals surface area contributed by atoms with Crippen LogP contribution in [0.3, 0.4) is 0 Å². The van der Waals surface area contributed by atoms with Gasteiger partial charge in [-0.05, 0) is 24.6 Å². The molecule has 1 aromatic rings. The molecule has 0 aliphatic heterocycles. The van der Waals surface area contributed by atoms with Crippen molar-refractivity contribution >= 4 is 6.21 Å². The second kappa shape index (κ2) is 2.96. The zero-order valence-corrected chi connectivity index (χ0v) is 5.65. The molecule has 52 valence electrons. The second-order valence-electron chi connectivity index (χ2n) is 2.00. The maximum atomic E-state index is 8.14. The van der Waals surface area contributed by atoms with Gasteiger partial charge in [-0.3, -0.25) is 4.98 Å². The minimum atomic E-state index is 0.669. The van der Waals surface area contributed by atoms with Gasteiger partial charge in [0.2, 0.25) is 0 Å². The molecule has 0 aliphatic rings. The first kappa shape index (κ1) is 6.74. The average molecular weight is 136 g/mol. The molecular formula is C7H8N2O. The van der Waals surface area contributed by atoms with Gasteiger partial charge in [0.1, 0.15) is 0 Å². The standard InChI is InChI=1S/C7H8N2O/c1-6-2-3-8-7(4-6)5-9-10/h2-5,10H,1H3/b9-5-. The molecule has 0 saturated carbocycles. The maximum Gasteiger partial charge on any atom is 0.0918 e. The Hall–Kier alpha value is -1.38. The highest BCUT2D eigenvalue weighted by atomic mass is 16.4. The fraction of sp³-hybridized carbons (Fsp3) is 0.143. The summed E-state index contributed by atoms with van der Waals surface area (Å²) in [6, 6.07) is 3.72. The Labute approximate surface area is 59.0 Å². The first-order chi connectivity index (χ1) is 4.83. The third-order valence-electron chi connectivity index (χ3n) is 1.13. The van der Waals surface area contributed by atoms with E-state index in [4.69, 9.17) is 5.21 Å². The second-order valence-corrected chi connectivity index (χ2v) is 2.00. The molecule has 0 bridgehead atoms. The van der Waals surface area contributed by atoms with Gasteiger partial charge >= 0.3 is 0 Å². The number of hydrogen-bond acceptors (Lipinski definition) is 3. The SMILES string of the molecule is Cc1ccnc(/C=N\O)c1. The molecule has 1 rings (SSSR count). The van der Waals surface area contributed by atoms with E-state index in [1.54, 1.807) is 6.20 Å². The van der Waals surface area contributed by atoms with Crippen LogP contribution >= 0.6 is 0 Å². The molecule has 0 aliphatic carbocycles. The van der Waals surface area contributed by atoms with Gasteiger partial charge in [0.05, 0.1) is 11.9 Å². The normalized spacial score (nSPS) is 10.5. The van der Waals surface area contributed by atoms with Crippen LogP contribution in [0.2, 0.25) is 0 Å². The Bertz CT molecular complexity index is 245. The van der Waals surface area contributed by atoms with Crippen molar-refractivity contribution in [1.82, 2.24) is 4.98 Å². The van der Waals surface area contributed by atoms with E-state index in [9.17, 15) is 0 Å². The van der Waals surface area contributed by atoms with Crippen molar-refractivity contribution in [3.8, 4) is 0 Å². The molecule has 0 amide bonds. The van der Waals surface area contributed by atoms with Crippen LogP contribution in [0.5, 0.6) is 0 Å². The highest BCUT2D eigenvalue weighted by molar-refractivity contribution is 5.76. The van der Waals surface area contributed by atoms with E-state index < -0.39 is 0 Å². The quantitative estimate of drug-likeness (QED) is 0.358. The van der Waals surface area contributed by atoms with E-state index in [1.165, 1.54) is 6.21 Å². The predicted molar refractivity (Wildman–Crippen MR) is 38.4 cm³/mol. The predicted octanol–water partition coefficient (Wildman–Crippen LogP) is 1.20. The molecule has 0 radical (unpaired) electrons. The molecule has 0 saturated heterocycles. The number of aromatic nitrogens is 1. The Morgan fingerprint density at radius 2 is 2.50 bits per heavy atom. The van der Waals surface area contributed by atoms with E-state index in [0.29, 0.717) is 5.69 Å². The van der Waals surface area contributed by atoms with E-state index >= 15 is 0 Å². The number of hydrogen-bond donors (Lipinski definition) is 1. The van der Waals surface area contributed by atoms with Gasteiger partial charge in [0, 0.05) is 6.20 Å². The lowest BCUT2D eigenvalue weighted by molar-refractivity contribution is 0.321. The van der Waals surface area contributed by atoms with Crippen LogP contribution in [0.1, 0.15) is 11.3 Å². The Morgan fingerprint density at radius 1 is 1.70 bits per heavy atom. The monoisotopic (exact) mass is 136 g/mol. The highest BCUT2D eigenvalue weighted by Gasteiger charge is 1.87. The number of aryl methyl sites for hydroxylation is 1. The van der Waals surface area contributed by atoms with Crippen LogP contribution in [0.15, 0.2) is 23.5 Å². The number of nitrogens with zero attached hydrogens (tertiary/aromatic N) is 2. The van der Waals surface area contributed by atoms with E-state index in [2.05, 4.69) is 10.1 Å². The van der Waals surface area contributed by atoms with Gasteiger partial charge in [0.15, 0.2) is 0 Å². The lowest BCUT2D eigenvalue weighted by atomic mass is 10.2. The van der Waals surface area contributed by atoms with Crippen molar-refractivity contribution in [1.29, 1.82) is 0 Å². The van der Waals surface area contributed by atoms with Crippen LogP contribution in [-0.4, -0.2) is 16.4 Å². The molecule has 1 heterocycles. The molecule has 0 spiro atoms. The molecule has 0 unspecified atom stereocenters. The summed E-state index contributed by atoms with van der Waals surface area (Å²) >= 11 is 0. The van der Waals surface area contributed by atoms with Crippen LogP contribution < -0.4 is 0 Å². The van der Waals surface area contributed by atoms with E-state index in [1.807, 2.05) is 19.1 Å². The van der Waals surface area contributed by atoms with Crippen LogP contribution in [-0.2, 0) is 0 Å². The first-order valence-corrected chi connectivity index (χ1v) is 2.93. The summed E-state index contributed by atoms with van der Waals surface area (Å²) in [6.07, 6.45) is 2.97. The smallest absolute Gasteiger partial charge is 0.0918 e. The topological polar surface area (TPSA) is 45.5 Å². The summed E-state index contributed by atoms with van der Waals surface area (Å²) in [5.41, 5.74) is 1.77. The molecule has 1 aromatic heterocycles. The summed E-state index contributed by atoms with van der Waals surface area (Å²) in [5.74, 6) is 0. The summed E-state index contributed by atoms with van der Waals surface area (Å²) in [5, 5.41) is 11.0. The number of oxime groups is 1. The van der Waals surface area contributed by atoms with E-state index in [-0.39, 0.29) is 0 Å². The minimum Gasteiger partial charge on any atom is -0.411 e. The maximum absolute atomic E-state index is 8.14. The lowest BCUT2D eigenvalue weighted by Gasteiger charge is -1.91. The molecule has 0 atom stereocenters. The summed E-state index contributed by atoms with van der Waals surface area (Å²) in [7, 11) is 0. The lowest BCUT2D eigenvalue weighted by Crippen LogP contribution is -1.86. The molecular weight excluding hydrogens is 128 g/mol. The summed E-state index contributed by atoms with van der Waals surface area (Å²) < 4.78 is 0. The van der Waals surface area contributed by atoms with Crippen molar-refractivity contribution in [2.24, 2.45) is 5.16 Å². The largest absolute Gasteiger partial charge is 0.411 e. The molecule has 0 aromatic carbocycles. The van der Waals surface area contributed by atoms with Gasteiger partial charge in [-0.15, -0.1) is 0 Å². The number of pyridine rings is 1. The van der Waals surface area contributed by atoms with Gasteiger partial charge in [-0.2, -0.15) is 0 Å². The third kappa shape index (κ3) is 1.55. The van der Waals surface area contributed by atoms with Gasteiger partial charge in [-0.1, -0.05) is 5.16 Å². The Kier molecular flexibility index (Phi) is 1.99. The number of rotatable bonds is 1. The fourth-order valence-corrected chi connectivity index (χ4v) is 0.689. The highest BCUT2D eigenvalue weighted by Crippen LogP contribution is 1.96. The van der Waals surface area contributed by atoms with Crippen LogP contribution in [0.4, 0.5) is 0 Å². The van der Waals surface area contributed by atoms with Crippen molar-refractivity contribution < 1.29 is 5.21 Å². The Balaban J connectivity index is 2.95. The van der Waals surface area contributed by atoms with E-state index in [0.717, 1.165) is 5.56 Å². The van der Waals surface area contributed by atoms with Crippen LogP contribution in [0.25, 0.3) is 0 Å². The molecule has 3 heteroatoms. The average Bonchev–Trinajstić information content (AvgIpc) is 1.88. The zero-order chi connectivity index (χ0) is 7.40. The van der Waals surface area contributed by atoms with Crippen LogP contribution in [0, 0.1) is 6.92 Å². The van der Waals surface area contributed by atoms with Crippen molar-refractivity contribution in [2.45, 2.75) is 6.92 Å². The fourth-order valence-electron chi connectivity index (χ4n) is 0.689. The van der Waals surface area contributed by atoms with Crippen molar-refractivity contribution in [3.05, 3.63) is 29.6 Å². The van der Waals surface area contributed by atoms with Gasteiger partial charge in [0.25, 0.3) is 0 Å². The first-order valence-electron chi connectivity index (χ1n) is 2.93. The molecule has 1 N–H and O–H groups in total. The summed E-state index contributed by atoms with van der Waals surface area (Å²) in [6.45, 7) is 1.95. The zero-order valence-electron chi connectivity index (χ0n) is 5.65. The summed E-state index contributed by atoms with van der Waals surface area (Å²) in [4.78, 5) is 3.92. The molecule has 3 nitrogen and oxygen atoms in total. The van der Waals surface area contributed by atoms with Gasteiger partial charge < -0.3 is 5.21 Å². The molecule has 10 heavy (non-hydrogen) atoms. The van der Waals surface area contributed by atoms with Gasteiger partial charge in [-0.25, -0.2) is 0 Å².